The lowest BCUT2D eigenvalue weighted by atomic mass is 9.53. The maximum Gasteiger partial charge on any atom is 0.247 e. The molecule has 5 aliphatic rings. The van der Waals surface area contributed by atoms with Crippen LogP contribution in [0.1, 0.15) is 68.3 Å². The lowest BCUT2D eigenvalue weighted by Crippen LogP contribution is -2.59. The van der Waals surface area contributed by atoms with Gasteiger partial charge in [-0.05, 0) is 92.5 Å². The third-order valence-corrected chi connectivity index (χ3v) is 11.9. The molecule has 1 aromatic heterocycles. The van der Waals surface area contributed by atoms with Gasteiger partial charge in [-0.1, -0.05) is 36.4 Å². The highest BCUT2D eigenvalue weighted by molar-refractivity contribution is 7.89. The number of para-hydroxylation sites is 1. The van der Waals surface area contributed by atoms with Gasteiger partial charge in [0.15, 0.2) is 5.78 Å². The highest BCUT2D eigenvalue weighted by atomic mass is 35.5. The molecule has 2 atom stereocenters. The minimum absolute atomic E-state index is 0.109. The summed E-state index contributed by atoms with van der Waals surface area (Å²) in [7, 11) is -3.74. The van der Waals surface area contributed by atoms with Crippen molar-refractivity contribution in [3.05, 3.63) is 77.5 Å². The lowest BCUT2D eigenvalue weighted by molar-refractivity contribution is -0.137. The van der Waals surface area contributed by atoms with Crippen LogP contribution in [0.2, 0.25) is 0 Å². The first-order chi connectivity index (χ1) is 20.2. The standard InChI is InChI=1S/C33H36ClN3O4S/c1-20(38)29-16-27-26-5-2-3-6-28(26)35-31(27)32(37(29)30(39)7-4-12-34)24-8-10-25(11-9-24)42(40,41)36-33-17-21-13-22(18-33)15-23(14-21)19-33/h2-11,21-23,29,32,35-36H,12-19H2,1H3/b7-4+/t21?,22?,23?,29-,32+,33?/m1/s1. The third kappa shape index (κ3) is 4.72. The van der Waals surface area contributed by atoms with Gasteiger partial charge in [0.1, 0.15) is 0 Å². The monoisotopic (exact) mass is 605 g/mol. The van der Waals surface area contributed by atoms with Crippen LogP contribution in [0.5, 0.6) is 0 Å². The molecule has 1 aliphatic heterocycles. The molecule has 2 N–H and O–H groups in total. The summed E-state index contributed by atoms with van der Waals surface area (Å²) in [5.74, 6) is 1.64. The van der Waals surface area contributed by atoms with E-state index in [9.17, 15) is 18.0 Å². The number of fused-ring (bicyclic) bond motifs is 3. The molecule has 2 heterocycles. The number of aromatic amines is 1. The summed E-state index contributed by atoms with van der Waals surface area (Å²) in [5, 5.41) is 1.02. The number of hydrogen-bond donors (Lipinski definition) is 2. The van der Waals surface area contributed by atoms with Crippen molar-refractivity contribution >= 4 is 44.2 Å². The number of sulfonamides is 1. The predicted molar refractivity (Wildman–Crippen MR) is 163 cm³/mol. The molecule has 3 aromatic rings. The van der Waals surface area contributed by atoms with E-state index in [1.54, 1.807) is 35.2 Å². The fraction of sp³-hybridized carbons (Fsp3) is 0.455. The van der Waals surface area contributed by atoms with Gasteiger partial charge in [-0.3, -0.25) is 9.59 Å². The summed E-state index contributed by atoms with van der Waals surface area (Å²) in [5.41, 5.74) is 3.17. The van der Waals surface area contributed by atoms with Gasteiger partial charge in [0, 0.05) is 40.5 Å². The number of Topliss-reactive ketones (excluding diaryl/α,β-unsaturated/α-hetero) is 1. The summed E-state index contributed by atoms with van der Waals surface area (Å²) in [4.78, 5) is 31.9. The molecule has 220 valence electrons. The van der Waals surface area contributed by atoms with Crippen molar-refractivity contribution in [2.45, 2.75) is 74.4 Å². The Labute approximate surface area is 251 Å². The van der Waals surface area contributed by atoms with Crippen LogP contribution in [0.3, 0.4) is 0 Å². The van der Waals surface area contributed by atoms with Gasteiger partial charge in [0.25, 0.3) is 0 Å². The van der Waals surface area contributed by atoms with Crippen LogP contribution < -0.4 is 4.72 Å². The second kappa shape index (κ2) is 10.4. The molecule has 4 saturated carbocycles. The quantitative estimate of drug-likeness (QED) is 0.269. The molecule has 4 bridgehead atoms. The topological polar surface area (TPSA) is 99.3 Å². The predicted octanol–water partition coefficient (Wildman–Crippen LogP) is 5.64. The van der Waals surface area contributed by atoms with Crippen molar-refractivity contribution in [3.63, 3.8) is 0 Å². The summed E-state index contributed by atoms with van der Waals surface area (Å²) in [6.07, 6.45) is 9.90. The van der Waals surface area contributed by atoms with Crippen LogP contribution in [0, 0.1) is 17.8 Å². The Morgan fingerprint density at radius 1 is 1.02 bits per heavy atom. The largest absolute Gasteiger partial charge is 0.356 e. The average Bonchev–Trinajstić information content (AvgIpc) is 3.32. The highest BCUT2D eigenvalue weighted by Crippen LogP contribution is 2.56. The molecule has 7 nitrogen and oxygen atoms in total. The van der Waals surface area contributed by atoms with Gasteiger partial charge < -0.3 is 9.88 Å². The maximum atomic E-state index is 13.7. The molecule has 0 saturated heterocycles. The number of benzene rings is 2. The smallest absolute Gasteiger partial charge is 0.247 e. The van der Waals surface area contributed by atoms with Crippen molar-refractivity contribution in [1.82, 2.24) is 14.6 Å². The normalized spacial score (nSPS) is 30.2. The minimum Gasteiger partial charge on any atom is -0.356 e. The Kier molecular flexibility index (Phi) is 6.87. The lowest BCUT2D eigenvalue weighted by Gasteiger charge is -2.56. The zero-order valence-corrected chi connectivity index (χ0v) is 25.3. The number of ketones is 1. The molecular formula is C33H36ClN3O4S. The number of carbonyl (C=O) groups excluding carboxylic acids is 2. The summed E-state index contributed by atoms with van der Waals surface area (Å²) in [6, 6.07) is 13.5. The molecular weight excluding hydrogens is 570 g/mol. The van der Waals surface area contributed by atoms with Crippen LogP contribution in [0.4, 0.5) is 0 Å². The van der Waals surface area contributed by atoms with E-state index in [2.05, 4.69) is 9.71 Å². The Hall–Kier alpha value is -2.94. The number of rotatable bonds is 7. The zero-order chi connectivity index (χ0) is 29.2. The van der Waals surface area contributed by atoms with Gasteiger partial charge >= 0.3 is 0 Å². The number of hydrogen-bond acceptors (Lipinski definition) is 4. The fourth-order valence-electron chi connectivity index (χ4n) is 8.87. The fourth-order valence-corrected chi connectivity index (χ4v) is 10.4. The molecule has 1 amide bonds. The van der Waals surface area contributed by atoms with Gasteiger partial charge in [-0.2, -0.15) is 0 Å². The van der Waals surface area contributed by atoms with E-state index >= 15 is 0 Å². The summed E-state index contributed by atoms with van der Waals surface area (Å²) < 4.78 is 30.6. The SMILES string of the molecule is CC(=O)[C@H]1Cc2c([nH]c3ccccc23)[C@H](c2ccc(S(=O)(=O)NC34CC5CC(CC(C5)C3)C4)cc2)N1C(=O)/C=C/CCl. The molecule has 0 unspecified atom stereocenters. The van der Waals surface area contributed by atoms with Crippen LogP contribution in [0.25, 0.3) is 10.9 Å². The molecule has 9 heteroatoms. The van der Waals surface area contributed by atoms with E-state index in [1.807, 2.05) is 24.3 Å². The number of allylic oxidation sites excluding steroid dienone is 1. The number of halogens is 1. The summed E-state index contributed by atoms with van der Waals surface area (Å²) in [6.45, 7) is 1.51. The van der Waals surface area contributed by atoms with Gasteiger partial charge in [-0.25, -0.2) is 13.1 Å². The molecule has 4 aliphatic carbocycles. The van der Waals surface area contributed by atoms with E-state index in [1.165, 1.54) is 32.3 Å². The Balaban J connectivity index is 1.26. The Morgan fingerprint density at radius 3 is 2.29 bits per heavy atom. The van der Waals surface area contributed by atoms with E-state index in [4.69, 9.17) is 11.6 Å². The van der Waals surface area contributed by atoms with E-state index < -0.39 is 22.1 Å². The number of amides is 1. The first-order valence-electron chi connectivity index (χ1n) is 14.9. The van der Waals surface area contributed by atoms with Gasteiger partial charge in [-0.15, -0.1) is 11.6 Å². The number of aromatic nitrogens is 1. The molecule has 0 spiro atoms. The van der Waals surface area contributed by atoms with E-state index in [0.29, 0.717) is 24.2 Å². The number of H-pyrrole nitrogens is 1. The second-order valence-electron chi connectivity index (χ2n) is 13.0. The van der Waals surface area contributed by atoms with Crippen LogP contribution in [-0.2, 0) is 26.0 Å². The highest BCUT2D eigenvalue weighted by Gasteiger charge is 2.52. The summed E-state index contributed by atoms with van der Waals surface area (Å²) >= 11 is 5.85. The number of alkyl halides is 1. The van der Waals surface area contributed by atoms with Gasteiger partial charge in [0.2, 0.25) is 15.9 Å². The first-order valence-corrected chi connectivity index (χ1v) is 17.0. The first kappa shape index (κ1) is 27.9. The molecule has 0 radical (unpaired) electrons. The van der Waals surface area contributed by atoms with Crippen LogP contribution in [-0.4, -0.2) is 47.5 Å². The molecule has 42 heavy (non-hydrogen) atoms. The van der Waals surface area contributed by atoms with Crippen molar-refractivity contribution < 1.29 is 18.0 Å². The van der Waals surface area contributed by atoms with Crippen molar-refractivity contribution in [2.24, 2.45) is 17.8 Å². The number of carbonyl (C=O) groups is 2. The van der Waals surface area contributed by atoms with E-state index in [0.717, 1.165) is 47.0 Å². The average molecular weight is 606 g/mol. The van der Waals surface area contributed by atoms with Gasteiger partial charge in [0.05, 0.1) is 17.0 Å². The molecule has 8 rings (SSSR count). The zero-order valence-electron chi connectivity index (χ0n) is 23.7. The van der Waals surface area contributed by atoms with Crippen molar-refractivity contribution in [3.8, 4) is 0 Å². The Morgan fingerprint density at radius 2 is 1.67 bits per heavy atom. The maximum absolute atomic E-state index is 13.7. The van der Waals surface area contributed by atoms with Crippen LogP contribution >= 0.6 is 11.6 Å². The Bertz CT molecular complexity index is 1660. The minimum atomic E-state index is -3.74. The third-order valence-electron chi connectivity index (χ3n) is 10.1. The van der Waals surface area contributed by atoms with E-state index in [-0.39, 0.29) is 28.0 Å². The second-order valence-corrected chi connectivity index (χ2v) is 15.0. The number of nitrogens with one attached hydrogen (secondary N) is 2. The van der Waals surface area contributed by atoms with Crippen LogP contribution in [0.15, 0.2) is 65.6 Å². The molecule has 2 aromatic carbocycles. The molecule has 4 fully saturated rings. The number of nitrogens with zero attached hydrogens (tertiary/aromatic N) is 1. The van der Waals surface area contributed by atoms with Crippen molar-refractivity contribution in [2.75, 3.05) is 5.88 Å². The van der Waals surface area contributed by atoms with Crippen molar-refractivity contribution in [1.29, 1.82) is 0 Å².